The summed E-state index contributed by atoms with van der Waals surface area (Å²) in [5, 5.41) is 9.44. The number of fused-ring (bicyclic) bond motifs is 4. The molecule has 9 rings (SSSR count). The predicted octanol–water partition coefficient (Wildman–Crippen LogP) is 10.2. The molecule has 0 amide bonds. The number of aliphatic hydroxyl groups is 1. The number of methoxy groups -OCH3 is 1. The fraction of sp³-hybridized carbons (Fsp3) is 0.864. The van der Waals surface area contributed by atoms with Crippen molar-refractivity contribution < 1.29 is 90.5 Å². The molecule has 20 atom stereocenters. The minimum absolute atomic E-state index is 0.000509. The Morgan fingerprint density at radius 1 is 0.512 bits per heavy atom. The van der Waals surface area contributed by atoms with Gasteiger partial charge >= 0.3 is 11.9 Å². The average Bonchev–Trinajstić information content (AvgIpc) is 4.26. The van der Waals surface area contributed by atoms with E-state index in [9.17, 15) is 14.7 Å². The highest BCUT2D eigenvalue weighted by Gasteiger charge is 2.63. The van der Waals surface area contributed by atoms with E-state index in [0.29, 0.717) is 6.42 Å². The van der Waals surface area contributed by atoms with E-state index in [1.54, 1.807) is 7.11 Å². The Hall–Kier alpha value is -1.84. The molecule has 0 saturated carbocycles. The quantitative estimate of drug-likeness (QED) is 0.160. The van der Waals surface area contributed by atoms with Crippen LogP contribution in [0.3, 0.4) is 0 Å². The van der Waals surface area contributed by atoms with E-state index in [0.717, 1.165) is 29.1 Å². The van der Waals surface area contributed by atoms with Gasteiger partial charge in [0.25, 0.3) is 0 Å². The minimum atomic E-state index is -0.947. The molecule has 9 fully saturated rings. The van der Waals surface area contributed by atoms with E-state index < -0.39 is 70.1 Å². The monoisotopic (exact) mass is 1260 g/mol. The fourth-order valence-corrected chi connectivity index (χ4v) is 13.1. The van der Waals surface area contributed by atoms with Crippen LogP contribution in [-0.2, 0) is 85.4 Å². The van der Waals surface area contributed by atoms with Gasteiger partial charge in [0.1, 0.15) is 35.6 Å². The van der Waals surface area contributed by atoms with Gasteiger partial charge in [0.15, 0.2) is 60.2 Å². The third-order valence-corrected chi connectivity index (χ3v) is 17.7. The van der Waals surface area contributed by atoms with Gasteiger partial charge in [-0.05, 0) is 125 Å². The van der Waals surface area contributed by atoms with Crippen LogP contribution in [0.1, 0.15) is 171 Å². The number of rotatable bonds is 10. The molecule has 0 bridgehead atoms. The van der Waals surface area contributed by atoms with Crippen LogP contribution in [0.5, 0.6) is 0 Å². The van der Waals surface area contributed by atoms with E-state index in [-0.39, 0.29) is 91.4 Å². The molecule has 21 heteroatoms. The van der Waals surface area contributed by atoms with E-state index in [1.807, 2.05) is 90.0 Å². The van der Waals surface area contributed by atoms with Gasteiger partial charge in [-0.2, -0.15) is 0 Å². The normalized spacial score (nSPS) is 44.0. The van der Waals surface area contributed by atoms with Crippen molar-refractivity contribution in [3.8, 4) is 24.7 Å². The number of hydrogen-bond donors (Lipinski definition) is 1. The zero-order valence-electron chi connectivity index (χ0n) is 51.2. The summed E-state index contributed by atoms with van der Waals surface area (Å²) in [5.41, 5.74) is -2.22. The SMILES string of the molecule is C#C[C@]1(CC)OC(OC(C)=O)C(OC(C)=O)[C@H]1C.C#C[C@]1(CC)O[C@@H]2OC(C)(C)OC2[C@H]1C.CC[C@@]1(C=C(Br)Br)O[C@@H]2OC(C)(C)OC2[C@H]1C.CC[C@@]1(CO)O[C@@H]2OC(C)(C)OC2[C@H]1C.CC[C@@]1(OC)O[C@@H]2OC(C)(C)OC2[C@H]1C. The highest BCUT2D eigenvalue weighted by Crippen LogP contribution is 2.51. The molecule has 19 nitrogen and oxygen atoms in total. The highest BCUT2D eigenvalue weighted by atomic mass is 79.9. The number of terminal acetylenes is 2. The maximum Gasteiger partial charge on any atom is 0.305 e. The lowest BCUT2D eigenvalue weighted by Crippen LogP contribution is -2.42. The van der Waals surface area contributed by atoms with Crippen LogP contribution >= 0.6 is 31.9 Å². The first kappa shape index (κ1) is 68.9. The zero-order chi connectivity index (χ0) is 60.6. The summed E-state index contributed by atoms with van der Waals surface area (Å²) in [5.74, 6) is 2.10. The van der Waals surface area contributed by atoms with Crippen LogP contribution in [0.25, 0.3) is 0 Å². The molecule has 6 unspecified atom stereocenters. The summed E-state index contributed by atoms with van der Waals surface area (Å²) in [6.45, 7) is 38.0. The second kappa shape index (κ2) is 26.0. The summed E-state index contributed by atoms with van der Waals surface area (Å²) in [4.78, 5) is 22.1. The largest absolute Gasteiger partial charge is 0.455 e. The Morgan fingerprint density at radius 2 is 0.925 bits per heavy atom. The molecule has 9 aliphatic heterocycles. The number of aliphatic hydroxyl groups excluding tert-OH is 1. The predicted molar refractivity (Wildman–Crippen MR) is 300 cm³/mol. The van der Waals surface area contributed by atoms with Gasteiger partial charge in [0.2, 0.25) is 6.29 Å². The molecule has 9 aliphatic rings. The first-order valence-electron chi connectivity index (χ1n) is 28.3. The van der Waals surface area contributed by atoms with Gasteiger partial charge in [-0.3, -0.25) is 9.59 Å². The van der Waals surface area contributed by atoms with Gasteiger partial charge in [0.05, 0.1) is 21.2 Å². The van der Waals surface area contributed by atoms with Crippen LogP contribution in [0.15, 0.2) is 9.47 Å². The van der Waals surface area contributed by atoms with Crippen molar-refractivity contribution in [2.45, 2.75) is 284 Å². The molecule has 0 aliphatic carbocycles. The first-order chi connectivity index (χ1) is 37.0. The Bertz CT molecular complexity index is 2180. The molecule has 1 N–H and O–H groups in total. The van der Waals surface area contributed by atoms with Gasteiger partial charge in [0, 0.05) is 50.5 Å². The molecule has 80 heavy (non-hydrogen) atoms. The second-order valence-corrected chi connectivity index (χ2v) is 26.7. The second-order valence-electron chi connectivity index (χ2n) is 23.9. The minimum Gasteiger partial charge on any atom is -0.455 e. The Morgan fingerprint density at radius 3 is 1.26 bits per heavy atom. The Balaban J connectivity index is 0.000000184. The van der Waals surface area contributed by atoms with Crippen LogP contribution in [0.4, 0.5) is 0 Å². The van der Waals surface area contributed by atoms with Crippen molar-refractivity contribution in [2.75, 3.05) is 13.7 Å². The lowest BCUT2D eigenvalue weighted by molar-refractivity contribution is -0.300. The number of ether oxygens (including phenoxy) is 16. The number of esters is 2. The number of carbonyl (C=O) groups is 2. The summed E-state index contributed by atoms with van der Waals surface area (Å²) in [6, 6.07) is 0. The summed E-state index contributed by atoms with van der Waals surface area (Å²) in [7, 11) is 1.67. The van der Waals surface area contributed by atoms with Crippen LogP contribution in [-0.4, -0.2) is 144 Å². The molecular weight excluding hydrogens is 1170 g/mol. The molecule has 0 aromatic rings. The number of halogens is 2. The van der Waals surface area contributed by atoms with Gasteiger partial charge in [-0.25, -0.2) is 0 Å². The van der Waals surface area contributed by atoms with E-state index in [4.69, 9.17) is 88.6 Å². The Kier molecular flexibility index (Phi) is 22.4. The van der Waals surface area contributed by atoms with E-state index in [2.05, 4.69) is 84.4 Å². The number of hydrogen-bond acceptors (Lipinski definition) is 19. The molecular formula is C59H94Br2O19. The topological polar surface area (TPSA) is 202 Å². The maximum atomic E-state index is 11.1. The van der Waals surface area contributed by atoms with Crippen LogP contribution in [0.2, 0.25) is 0 Å². The summed E-state index contributed by atoms with van der Waals surface area (Å²) >= 11 is 6.81. The maximum absolute atomic E-state index is 11.1. The molecule has 0 radical (unpaired) electrons. The smallest absolute Gasteiger partial charge is 0.305 e. The molecule has 0 aromatic carbocycles. The van der Waals surface area contributed by atoms with Crippen molar-refractivity contribution in [2.24, 2.45) is 29.6 Å². The average molecular weight is 1270 g/mol. The summed E-state index contributed by atoms with van der Waals surface area (Å²) < 4.78 is 91.9. The van der Waals surface area contributed by atoms with Crippen molar-refractivity contribution in [3.63, 3.8) is 0 Å². The van der Waals surface area contributed by atoms with Crippen molar-refractivity contribution >= 4 is 43.8 Å². The zero-order valence-corrected chi connectivity index (χ0v) is 54.4. The third-order valence-electron chi connectivity index (χ3n) is 17.2. The van der Waals surface area contributed by atoms with Gasteiger partial charge in [-0.15, -0.1) is 12.8 Å². The van der Waals surface area contributed by atoms with Crippen molar-refractivity contribution in [1.82, 2.24) is 0 Å². The molecule has 458 valence electrons. The standard InChI is InChI=1S/C13H18O5.C12H18Br2O3.C12H18O3.2C11H20O4/c1-6-13(7-2)8(3)11(16-9(4)14)12(18-13)17-10(5)15;1-5-12(6-8(13)14)7(2)9-10(17-12)16-11(3,4)15-9;1-6-12(7-2)8(3)9-10(15-12)14-11(4,5)13-9;1-6-11(12-5)7(2)8-9(15-11)14-10(3,4)13-8;1-5-11(6-12)7(2)8-9(15-11)14-10(3,4)13-8/h1,8,11-12H,7H2,2-5H3;6-7,9-10H,5H2,1-4H3;1,8-10H,7H2,2-5H3;7-9H,6H2,1-5H3;7-9,12H,5-6H2,1-4H3/t8-,11?,12?,13-;7-,9?,10+,12+;8-,9?,10+,12-;7-,8?,9+,11-;7-,8?,9+,11+/m11111/s1. The van der Waals surface area contributed by atoms with E-state index >= 15 is 0 Å². The van der Waals surface area contributed by atoms with E-state index in [1.165, 1.54) is 13.8 Å². The van der Waals surface area contributed by atoms with Gasteiger partial charge < -0.3 is 80.9 Å². The molecule has 9 heterocycles. The third kappa shape index (κ3) is 14.3. The number of carbonyl (C=O) groups excluding carboxylic acids is 2. The Labute approximate surface area is 493 Å². The van der Waals surface area contributed by atoms with Crippen molar-refractivity contribution in [1.29, 1.82) is 0 Å². The first-order valence-corrected chi connectivity index (χ1v) is 29.9. The van der Waals surface area contributed by atoms with Gasteiger partial charge in [-0.1, -0.05) is 81.1 Å². The lowest BCUT2D eigenvalue weighted by Gasteiger charge is -2.33. The van der Waals surface area contributed by atoms with Crippen molar-refractivity contribution in [3.05, 3.63) is 9.47 Å². The molecule has 9 saturated heterocycles. The molecule has 0 aromatic heterocycles. The van der Waals surface area contributed by atoms with Crippen LogP contribution < -0.4 is 0 Å². The highest BCUT2D eigenvalue weighted by molar-refractivity contribution is 9.28. The lowest BCUT2D eigenvalue weighted by atomic mass is 9.85. The van der Waals surface area contributed by atoms with Crippen LogP contribution in [0, 0.1) is 54.3 Å². The fourth-order valence-electron chi connectivity index (χ4n) is 12.3. The summed E-state index contributed by atoms with van der Waals surface area (Å²) in [6.07, 6.45) is 13.9. The molecule has 0 spiro atoms.